The maximum absolute atomic E-state index is 11.6. The molecule has 170 valence electrons. The number of H-pyrrole nitrogens is 1. The molecule has 1 heterocycles. The van der Waals surface area contributed by atoms with Crippen LogP contribution < -0.4 is 25.4 Å². The number of para-hydroxylation sites is 1. The zero-order chi connectivity index (χ0) is 22.8. The first-order valence-corrected chi connectivity index (χ1v) is 10.7. The summed E-state index contributed by atoms with van der Waals surface area (Å²) in [7, 11) is 3.33. The number of nitrogens with zero attached hydrogens (tertiary/aromatic N) is 1. The smallest absolute Gasteiger partial charge is 0.257 e. The van der Waals surface area contributed by atoms with Gasteiger partial charge in [0, 0.05) is 43.8 Å². The standard InChI is InChI=1S/C24H31N5O3/c1-4-26-23(30)16-32-21-10-9-17(13-22(21)31-3)14-29-24(25-2)27-12-11-18-15-28-20-8-6-5-7-19(18)20/h5-10,13,15,28H,4,11-12,14,16H2,1-3H3,(H,26,30)(H2,25,27,29). The average molecular weight is 438 g/mol. The second-order valence-electron chi connectivity index (χ2n) is 7.19. The molecule has 3 aromatic rings. The Balaban J connectivity index is 1.50. The van der Waals surface area contributed by atoms with E-state index in [0.717, 1.165) is 30.0 Å². The van der Waals surface area contributed by atoms with E-state index in [1.165, 1.54) is 10.9 Å². The van der Waals surface area contributed by atoms with Crippen LogP contribution >= 0.6 is 0 Å². The quantitative estimate of drug-likeness (QED) is 0.289. The summed E-state index contributed by atoms with van der Waals surface area (Å²) in [5, 5.41) is 10.6. The van der Waals surface area contributed by atoms with E-state index in [4.69, 9.17) is 9.47 Å². The zero-order valence-corrected chi connectivity index (χ0v) is 18.8. The van der Waals surface area contributed by atoms with E-state index in [1.54, 1.807) is 14.2 Å². The number of likely N-dealkylation sites (N-methyl/N-ethyl adjacent to an activating group) is 1. The number of rotatable bonds is 10. The minimum atomic E-state index is -0.164. The average Bonchev–Trinajstić information content (AvgIpc) is 3.23. The highest BCUT2D eigenvalue weighted by atomic mass is 16.5. The van der Waals surface area contributed by atoms with Gasteiger partial charge < -0.3 is 30.4 Å². The van der Waals surface area contributed by atoms with Gasteiger partial charge in [-0.1, -0.05) is 24.3 Å². The molecule has 1 amide bonds. The lowest BCUT2D eigenvalue weighted by Crippen LogP contribution is -2.37. The largest absolute Gasteiger partial charge is 0.493 e. The van der Waals surface area contributed by atoms with Gasteiger partial charge in [-0.05, 0) is 42.7 Å². The molecule has 8 nitrogen and oxygen atoms in total. The van der Waals surface area contributed by atoms with Crippen molar-refractivity contribution in [2.45, 2.75) is 19.9 Å². The van der Waals surface area contributed by atoms with E-state index in [-0.39, 0.29) is 12.5 Å². The maximum Gasteiger partial charge on any atom is 0.257 e. The number of carbonyl (C=O) groups excluding carboxylic acids is 1. The highest BCUT2D eigenvalue weighted by Gasteiger charge is 2.09. The van der Waals surface area contributed by atoms with Crippen LogP contribution in [0.1, 0.15) is 18.1 Å². The van der Waals surface area contributed by atoms with Gasteiger partial charge in [0.15, 0.2) is 24.1 Å². The van der Waals surface area contributed by atoms with Crippen molar-refractivity contribution in [3.63, 3.8) is 0 Å². The predicted molar refractivity (Wildman–Crippen MR) is 127 cm³/mol. The summed E-state index contributed by atoms with van der Waals surface area (Å²) in [5.41, 5.74) is 3.43. The Morgan fingerprint density at radius 1 is 1.09 bits per heavy atom. The van der Waals surface area contributed by atoms with Gasteiger partial charge in [0.2, 0.25) is 0 Å². The topological polar surface area (TPSA) is 99.8 Å². The van der Waals surface area contributed by atoms with E-state index < -0.39 is 0 Å². The van der Waals surface area contributed by atoms with Crippen LogP contribution in [-0.2, 0) is 17.8 Å². The van der Waals surface area contributed by atoms with E-state index >= 15 is 0 Å². The number of benzene rings is 2. The molecule has 0 spiro atoms. The summed E-state index contributed by atoms with van der Waals surface area (Å²) in [6, 6.07) is 13.9. The van der Waals surface area contributed by atoms with Crippen molar-refractivity contribution in [1.82, 2.24) is 20.9 Å². The Morgan fingerprint density at radius 2 is 1.94 bits per heavy atom. The zero-order valence-electron chi connectivity index (χ0n) is 18.8. The van der Waals surface area contributed by atoms with Gasteiger partial charge in [0.1, 0.15) is 0 Å². The number of amides is 1. The molecule has 0 atom stereocenters. The molecule has 0 unspecified atom stereocenters. The van der Waals surface area contributed by atoms with Crippen LogP contribution in [-0.4, -0.2) is 50.7 Å². The number of aromatic amines is 1. The Labute approximate surface area is 188 Å². The lowest BCUT2D eigenvalue weighted by Gasteiger charge is -2.14. The number of nitrogens with one attached hydrogen (secondary N) is 4. The number of hydrogen-bond acceptors (Lipinski definition) is 4. The van der Waals surface area contributed by atoms with Crippen molar-refractivity contribution in [3.8, 4) is 11.5 Å². The van der Waals surface area contributed by atoms with Crippen molar-refractivity contribution in [3.05, 3.63) is 59.8 Å². The summed E-state index contributed by atoms with van der Waals surface area (Å²) < 4.78 is 11.0. The summed E-state index contributed by atoms with van der Waals surface area (Å²) in [6.07, 6.45) is 2.94. The molecule has 0 aliphatic rings. The number of fused-ring (bicyclic) bond motifs is 1. The number of aromatic nitrogens is 1. The second-order valence-corrected chi connectivity index (χ2v) is 7.19. The highest BCUT2D eigenvalue weighted by molar-refractivity contribution is 5.83. The molecule has 0 aliphatic heterocycles. The highest BCUT2D eigenvalue weighted by Crippen LogP contribution is 2.28. The maximum atomic E-state index is 11.6. The van der Waals surface area contributed by atoms with Crippen LogP contribution in [0.2, 0.25) is 0 Å². The molecule has 2 aromatic carbocycles. The summed E-state index contributed by atoms with van der Waals surface area (Å²) in [6.45, 7) is 3.72. The van der Waals surface area contributed by atoms with Crippen molar-refractivity contribution in [1.29, 1.82) is 0 Å². The van der Waals surface area contributed by atoms with Crippen LogP contribution in [0.5, 0.6) is 11.5 Å². The number of hydrogen-bond donors (Lipinski definition) is 4. The number of methoxy groups -OCH3 is 1. The first kappa shape index (κ1) is 23.0. The predicted octanol–water partition coefficient (Wildman–Crippen LogP) is 2.60. The van der Waals surface area contributed by atoms with Crippen molar-refractivity contribution >= 4 is 22.8 Å². The van der Waals surface area contributed by atoms with Gasteiger partial charge in [0.05, 0.1) is 7.11 Å². The van der Waals surface area contributed by atoms with Crippen LogP contribution in [0.15, 0.2) is 53.7 Å². The fourth-order valence-electron chi connectivity index (χ4n) is 3.39. The van der Waals surface area contributed by atoms with Gasteiger partial charge in [0.25, 0.3) is 5.91 Å². The van der Waals surface area contributed by atoms with Crippen LogP contribution in [0, 0.1) is 0 Å². The van der Waals surface area contributed by atoms with E-state index in [1.807, 2.05) is 31.2 Å². The van der Waals surface area contributed by atoms with Gasteiger partial charge in [-0.2, -0.15) is 0 Å². The Morgan fingerprint density at radius 3 is 2.72 bits per heavy atom. The van der Waals surface area contributed by atoms with Gasteiger partial charge in [-0.15, -0.1) is 0 Å². The molecule has 0 fully saturated rings. The van der Waals surface area contributed by atoms with Gasteiger partial charge in [-0.3, -0.25) is 9.79 Å². The first-order valence-electron chi connectivity index (χ1n) is 10.7. The Bertz CT molecular complexity index is 1060. The number of carbonyl (C=O) groups is 1. The third-order valence-electron chi connectivity index (χ3n) is 5.01. The molecule has 32 heavy (non-hydrogen) atoms. The monoisotopic (exact) mass is 437 g/mol. The minimum Gasteiger partial charge on any atom is -0.493 e. The Kier molecular flexibility index (Phi) is 8.36. The third-order valence-corrected chi connectivity index (χ3v) is 5.01. The van der Waals surface area contributed by atoms with E-state index in [2.05, 4.69) is 50.3 Å². The fourth-order valence-corrected chi connectivity index (χ4v) is 3.39. The molecule has 0 saturated carbocycles. The minimum absolute atomic E-state index is 0.0468. The van der Waals surface area contributed by atoms with E-state index in [0.29, 0.717) is 24.6 Å². The van der Waals surface area contributed by atoms with Crippen molar-refractivity contribution in [2.75, 3.05) is 33.9 Å². The summed E-state index contributed by atoms with van der Waals surface area (Å²) >= 11 is 0. The molecular weight excluding hydrogens is 406 g/mol. The van der Waals surface area contributed by atoms with Gasteiger partial charge in [-0.25, -0.2) is 0 Å². The molecule has 0 saturated heterocycles. The number of ether oxygens (including phenoxy) is 2. The molecule has 4 N–H and O–H groups in total. The molecule has 0 aliphatic carbocycles. The van der Waals surface area contributed by atoms with Crippen molar-refractivity contribution in [2.24, 2.45) is 4.99 Å². The van der Waals surface area contributed by atoms with Crippen molar-refractivity contribution < 1.29 is 14.3 Å². The van der Waals surface area contributed by atoms with E-state index in [9.17, 15) is 4.79 Å². The normalized spacial score (nSPS) is 11.3. The van der Waals surface area contributed by atoms with Crippen LogP contribution in [0.25, 0.3) is 10.9 Å². The first-order chi connectivity index (χ1) is 15.6. The molecule has 1 aromatic heterocycles. The lowest BCUT2D eigenvalue weighted by molar-refractivity contribution is -0.123. The lowest BCUT2D eigenvalue weighted by atomic mass is 10.1. The van der Waals surface area contributed by atoms with Crippen LogP contribution in [0.4, 0.5) is 0 Å². The summed E-state index contributed by atoms with van der Waals surface area (Å²) in [5.74, 6) is 1.67. The fraction of sp³-hybridized carbons (Fsp3) is 0.333. The molecule has 3 rings (SSSR count). The second kappa shape index (κ2) is 11.6. The summed E-state index contributed by atoms with van der Waals surface area (Å²) in [4.78, 5) is 19.2. The Hall–Kier alpha value is -3.68. The third kappa shape index (κ3) is 6.16. The molecular formula is C24H31N5O3. The molecule has 0 radical (unpaired) electrons. The molecule has 0 bridgehead atoms. The number of guanidine groups is 1. The SMILES string of the molecule is CCNC(=O)COc1ccc(CNC(=NC)NCCc2c[nH]c3ccccc23)cc1OC. The van der Waals surface area contributed by atoms with Gasteiger partial charge >= 0.3 is 0 Å². The molecule has 8 heteroatoms. The number of aliphatic imine (C=N–C) groups is 1. The van der Waals surface area contributed by atoms with Crippen LogP contribution in [0.3, 0.4) is 0 Å².